The van der Waals surface area contributed by atoms with Crippen LogP contribution in [0.2, 0.25) is 0 Å². The van der Waals surface area contributed by atoms with Gasteiger partial charge in [-0.15, -0.1) is 10.2 Å². The van der Waals surface area contributed by atoms with Crippen molar-refractivity contribution in [3.8, 4) is 0 Å². The third kappa shape index (κ3) is 7.08. The smallest absolute Gasteiger partial charge is 0.230 e. The molecule has 2 N–H and O–H groups in total. The maximum Gasteiger partial charge on any atom is 0.230 e. The Hall–Kier alpha value is -0.900. The third-order valence-electron chi connectivity index (χ3n) is 4.13. The van der Waals surface area contributed by atoms with Gasteiger partial charge >= 0.3 is 0 Å². The molecule has 1 saturated heterocycles. The Morgan fingerprint density at radius 3 is 2.84 bits per heavy atom. The largest absolute Gasteiger partial charge is 0.379 e. The fourth-order valence-electron chi connectivity index (χ4n) is 2.49. The third-order valence-corrected chi connectivity index (χ3v) is 6.14. The topological polar surface area (TPSA) is 79.4 Å². The van der Waals surface area contributed by atoms with Crippen molar-refractivity contribution in [2.45, 2.75) is 43.5 Å². The van der Waals surface area contributed by atoms with Crippen molar-refractivity contribution in [1.29, 1.82) is 0 Å². The molecule has 1 aliphatic rings. The van der Waals surface area contributed by atoms with Gasteiger partial charge in [-0.3, -0.25) is 9.69 Å². The van der Waals surface area contributed by atoms with E-state index in [9.17, 15) is 4.79 Å². The molecule has 0 unspecified atom stereocenters. The molecule has 1 aromatic rings. The number of hydrogen-bond donors (Lipinski definition) is 2. The Morgan fingerprint density at radius 1 is 1.36 bits per heavy atom. The van der Waals surface area contributed by atoms with E-state index in [1.165, 1.54) is 23.1 Å². The molecule has 2 heterocycles. The Bertz CT molecular complexity index is 532. The van der Waals surface area contributed by atoms with Gasteiger partial charge in [0, 0.05) is 31.7 Å². The number of morpholine rings is 1. The predicted octanol–water partition coefficient (Wildman–Crippen LogP) is 2.07. The van der Waals surface area contributed by atoms with E-state index in [1.54, 1.807) is 0 Å². The minimum atomic E-state index is -0.0663. The number of carbonyl (C=O) groups excluding carboxylic acids is 1. The van der Waals surface area contributed by atoms with Crippen molar-refractivity contribution in [3.63, 3.8) is 0 Å². The minimum Gasteiger partial charge on any atom is -0.379 e. The van der Waals surface area contributed by atoms with Crippen molar-refractivity contribution in [2.24, 2.45) is 0 Å². The lowest BCUT2D eigenvalue weighted by Crippen LogP contribution is -2.55. The number of nitrogens with one attached hydrogen (secondary N) is 2. The molecule has 9 heteroatoms. The van der Waals surface area contributed by atoms with Crippen LogP contribution in [0.15, 0.2) is 4.34 Å². The average molecular weight is 388 g/mol. The summed E-state index contributed by atoms with van der Waals surface area (Å²) in [6.45, 7) is 11.4. The van der Waals surface area contributed by atoms with E-state index < -0.39 is 0 Å². The lowest BCUT2D eigenvalue weighted by atomic mass is 10.0. The van der Waals surface area contributed by atoms with Gasteiger partial charge < -0.3 is 15.4 Å². The lowest BCUT2D eigenvalue weighted by Gasteiger charge is -2.40. The highest BCUT2D eigenvalue weighted by Crippen LogP contribution is 2.25. The van der Waals surface area contributed by atoms with E-state index in [0.29, 0.717) is 12.3 Å². The molecule has 0 bridgehead atoms. The molecule has 2 rings (SSSR count). The van der Waals surface area contributed by atoms with E-state index in [2.05, 4.69) is 46.5 Å². The number of carbonyl (C=O) groups is 1. The van der Waals surface area contributed by atoms with Crippen LogP contribution >= 0.6 is 23.1 Å². The summed E-state index contributed by atoms with van der Waals surface area (Å²) in [6, 6.07) is 0. The summed E-state index contributed by atoms with van der Waals surface area (Å²) in [5.74, 6) is 0.394. The van der Waals surface area contributed by atoms with Gasteiger partial charge in [0.15, 0.2) is 4.34 Å². The fourth-order valence-corrected chi connectivity index (χ4v) is 4.09. The van der Waals surface area contributed by atoms with Gasteiger partial charge in [-0.1, -0.05) is 36.4 Å². The van der Waals surface area contributed by atoms with Gasteiger partial charge in [0.1, 0.15) is 0 Å². The number of anilines is 1. The molecule has 0 aliphatic carbocycles. The summed E-state index contributed by atoms with van der Waals surface area (Å²) >= 11 is 2.93. The van der Waals surface area contributed by atoms with Crippen molar-refractivity contribution in [1.82, 2.24) is 20.4 Å². The summed E-state index contributed by atoms with van der Waals surface area (Å²) < 4.78 is 6.21. The number of aromatic nitrogens is 2. The first-order chi connectivity index (χ1) is 12.0. The number of ether oxygens (including phenoxy) is 1. The summed E-state index contributed by atoms with van der Waals surface area (Å²) in [5, 5.41) is 15.3. The van der Waals surface area contributed by atoms with Crippen LogP contribution in [0.25, 0.3) is 0 Å². The molecule has 1 aliphatic heterocycles. The number of amides is 1. The average Bonchev–Trinajstić information content (AvgIpc) is 3.07. The van der Waals surface area contributed by atoms with Crippen molar-refractivity contribution in [2.75, 3.05) is 50.5 Å². The predicted molar refractivity (Wildman–Crippen MR) is 104 cm³/mol. The number of unbranched alkanes of at least 4 members (excludes halogenated alkanes) is 1. The van der Waals surface area contributed by atoms with Crippen LogP contribution in [0.1, 0.15) is 33.6 Å². The second-order valence-corrected chi connectivity index (χ2v) is 8.83. The second kappa shape index (κ2) is 10.3. The number of hydrogen-bond acceptors (Lipinski definition) is 8. The highest BCUT2D eigenvalue weighted by atomic mass is 32.2. The van der Waals surface area contributed by atoms with E-state index in [1.807, 2.05) is 0 Å². The first-order valence-electron chi connectivity index (χ1n) is 8.81. The van der Waals surface area contributed by atoms with Crippen molar-refractivity contribution >= 4 is 34.1 Å². The van der Waals surface area contributed by atoms with Crippen LogP contribution in [0.3, 0.4) is 0 Å². The molecular formula is C16H29N5O2S2. The zero-order valence-electron chi connectivity index (χ0n) is 15.3. The number of thioether (sulfide) groups is 1. The van der Waals surface area contributed by atoms with Crippen LogP contribution in [-0.4, -0.2) is 71.7 Å². The Labute approximate surface area is 158 Å². The monoisotopic (exact) mass is 387 g/mol. The van der Waals surface area contributed by atoms with E-state index in [4.69, 9.17) is 4.74 Å². The van der Waals surface area contributed by atoms with Gasteiger partial charge in [0.05, 0.1) is 19.0 Å². The van der Waals surface area contributed by atoms with Gasteiger partial charge in [-0.2, -0.15) is 0 Å². The molecule has 1 aromatic heterocycles. The van der Waals surface area contributed by atoms with E-state index in [0.717, 1.165) is 55.2 Å². The first kappa shape index (κ1) is 20.4. The van der Waals surface area contributed by atoms with Gasteiger partial charge in [-0.05, 0) is 20.3 Å². The molecule has 0 radical (unpaired) electrons. The fraction of sp³-hybridized carbons (Fsp3) is 0.812. The zero-order valence-corrected chi connectivity index (χ0v) is 17.0. The number of nitrogens with zero attached hydrogens (tertiary/aromatic N) is 3. The van der Waals surface area contributed by atoms with Crippen LogP contribution < -0.4 is 10.6 Å². The molecule has 7 nitrogen and oxygen atoms in total. The van der Waals surface area contributed by atoms with Crippen LogP contribution in [0.4, 0.5) is 5.13 Å². The molecule has 0 aromatic carbocycles. The van der Waals surface area contributed by atoms with Gasteiger partial charge in [0.2, 0.25) is 11.0 Å². The highest BCUT2D eigenvalue weighted by Gasteiger charge is 2.28. The summed E-state index contributed by atoms with van der Waals surface area (Å²) in [4.78, 5) is 14.5. The van der Waals surface area contributed by atoms with Crippen LogP contribution in [0, 0.1) is 0 Å². The zero-order chi connectivity index (χ0) is 18.1. The molecule has 142 valence electrons. The van der Waals surface area contributed by atoms with Crippen molar-refractivity contribution < 1.29 is 9.53 Å². The van der Waals surface area contributed by atoms with Gasteiger partial charge in [-0.25, -0.2) is 0 Å². The summed E-state index contributed by atoms with van der Waals surface area (Å²) in [7, 11) is 0. The van der Waals surface area contributed by atoms with E-state index in [-0.39, 0.29) is 11.4 Å². The normalized spacial score (nSPS) is 16.0. The number of rotatable bonds is 10. The molecule has 25 heavy (non-hydrogen) atoms. The Morgan fingerprint density at radius 2 is 2.12 bits per heavy atom. The maximum absolute atomic E-state index is 12.1. The van der Waals surface area contributed by atoms with Gasteiger partial charge in [0.25, 0.3) is 0 Å². The summed E-state index contributed by atoms with van der Waals surface area (Å²) in [5.41, 5.74) is -0.0663. The Kier molecular flexibility index (Phi) is 8.41. The molecule has 1 fully saturated rings. The first-order valence-corrected chi connectivity index (χ1v) is 10.6. The highest BCUT2D eigenvalue weighted by molar-refractivity contribution is 8.01. The molecule has 0 atom stereocenters. The van der Waals surface area contributed by atoms with E-state index >= 15 is 0 Å². The Balaban J connectivity index is 1.68. The molecule has 0 saturated carbocycles. The maximum atomic E-state index is 12.1. The van der Waals surface area contributed by atoms with Crippen LogP contribution in [-0.2, 0) is 9.53 Å². The second-order valence-electron chi connectivity index (χ2n) is 6.63. The minimum absolute atomic E-state index is 0.0297. The SMILES string of the molecule is CCCCNc1nnc(SCC(=O)NCC(C)(C)N2CCOCC2)s1. The molecule has 0 spiro atoms. The summed E-state index contributed by atoms with van der Waals surface area (Å²) in [6.07, 6.45) is 2.26. The molecular weight excluding hydrogens is 358 g/mol. The molecule has 1 amide bonds. The standard InChI is InChI=1S/C16H29N5O2S2/c1-4-5-6-17-14-19-20-15(25-14)24-11-13(22)18-12-16(2,3)21-7-9-23-10-8-21/h4-12H2,1-3H3,(H,17,19)(H,18,22). The quantitative estimate of drug-likeness (QED) is 0.470. The lowest BCUT2D eigenvalue weighted by molar-refractivity contribution is -0.119. The van der Waals surface area contributed by atoms with Crippen molar-refractivity contribution in [3.05, 3.63) is 0 Å². The van der Waals surface area contributed by atoms with Crippen LogP contribution in [0.5, 0.6) is 0 Å².